The van der Waals surface area contributed by atoms with Gasteiger partial charge < -0.3 is 19.4 Å². The predicted molar refractivity (Wildman–Crippen MR) is 143 cm³/mol. The summed E-state index contributed by atoms with van der Waals surface area (Å²) in [5.41, 5.74) is -0.438. The Morgan fingerprint density at radius 2 is 1.74 bits per heavy atom. The molecule has 1 fully saturated rings. The van der Waals surface area contributed by atoms with Crippen molar-refractivity contribution in [2.24, 2.45) is 0 Å². The van der Waals surface area contributed by atoms with Crippen LogP contribution in [0.25, 0.3) is 21.8 Å². The van der Waals surface area contributed by atoms with Crippen LogP contribution in [0.2, 0.25) is 5.28 Å². The molecule has 38 heavy (non-hydrogen) atoms. The summed E-state index contributed by atoms with van der Waals surface area (Å²) >= 11 is 6.27. The molecule has 13 heteroatoms. The Morgan fingerprint density at radius 3 is 2.39 bits per heavy atom. The number of nitrogens with zero attached hydrogens (tertiary/aromatic N) is 5. The van der Waals surface area contributed by atoms with E-state index in [4.69, 9.17) is 21.1 Å². The molecule has 0 radical (unpaired) electrons. The van der Waals surface area contributed by atoms with Crippen LogP contribution in [-0.2, 0) is 0 Å². The molecule has 5 rings (SSSR count). The Bertz CT molecular complexity index is 1660. The van der Waals surface area contributed by atoms with Gasteiger partial charge in [-0.05, 0) is 50.4 Å². The van der Waals surface area contributed by atoms with Gasteiger partial charge >= 0.3 is 5.69 Å². The number of nitro groups is 1. The van der Waals surface area contributed by atoms with Crippen LogP contribution >= 0.6 is 11.6 Å². The quantitative estimate of drug-likeness (QED) is 0.210. The van der Waals surface area contributed by atoms with E-state index in [2.05, 4.69) is 15.0 Å². The van der Waals surface area contributed by atoms with Crippen LogP contribution in [0.5, 0.6) is 11.5 Å². The number of hydrogen-bond acceptors (Lipinski definition) is 9. The average molecular weight is 541 g/mol. The Kier molecular flexibility index (Phi) is 6.89. The Balaban J connectivity index is 1.48. The molecular formula is C25H25ClN6O6. The molecule has 1 saturated heterocycles. The molecule has 1 aliphatic heterocycles. The standard InChI is InChI=1S/C25H25ClN6O6/c1-3-37-20-12-16-19(13-21(20)38-4-2)27-24(26)29-22(16)30-9-7-14(8-10-30)31-23(33)17-11-15(32(35)36)5-6-18(17)28-25(31)34/h5-6,11-14H,3-4,7-10H2,1-2H3,(H,28,34). The highest BCUT2D eigenvalue weighted by atomic mass is 35.5. The number of anilines is 1. The number of aromatic nitrogens is 4. The van der Waals surface area contributed by atoms with Gasteiger partial charge in [0.2, 0.25) is 5.28 Å². The molecule has 0 unspecified atom stereocenters. The highest BCUT2D eigenvalue weighted by Crippen LogP contribution is 2.37. The second kappa shape index (κ2) is 10.3. The van der Waals surface area contributed by atoms with Gasteiger partial charge in [0.1, 0.15) is 5.82 Å². The van der Waals surface area contributed by atoms with E-state index in [0.717, 1.165) is 9.95 Å². The smallest absolute Gasteiger partial charge is 0.329 e. The maximum Gasteiger partial charge on any atom is 0.329 e. The van der Waals surface area contributed by atoms with Crippen molar-refractivity contribution in [2.45, 2.75) is 32.7 Å². The number of aromatic amines is 1. The number of non-ortho nitro benzene ring substituents is 1. The minimum atomic E-state index is -0.571. The first-order valence-corrected chi connectivity index (χ1v) is 12.6. The zero-order valence-electron chi connectivity index (χ0n) is 20.8. The third kappa shape index (κ3) is 4.62. The summed E-state index contributed by atoms with van der Waals surface area (Å²) in [5, 5.41) is 12.1. The molecule has 0 saturated carbocycles. The summed E-state index contributed by atoms with van der Waals surface area (Å²) in [6, 6.07) is 7.06. The number of benzene rings is 2. The van der Waals surface area contributed by atoms with Crippen molar-refractivity contribution in [3.05, 3.63) is 66.6 Å². The Morgan fingerprint density at radius 1 is 1.05 bits per heavy atom. The van der Waals surface area contributed by atoms with Crippen LogP contribution in [0.4, 0.5) is 11.5 Å². The summed E-state index contributed by atoms with van der Waals surface area (Å²) in [6.45, 7) is 5.67. The van der Waals surface area contributed by atoms with Crippen LogP contribution in [-0.4, -0.2) is 50.7 Å². The lowest BCUT2D eigenvalue weighted by Crippen LogP contribution is -2.43. The van der Waals surface area contributed by atoms with Crippen LogP contribution in [0, 0.1) is 10.1 Å². The summed E-state index contributed by atoms with van der Waals surface area (Å²) in [6.07, 6.45) is 0.948. The average Bonchev–Trinajstić information content (AvgIpc) is 2.89. The van der Waals surface area contributed by atoms with E-state index in [9.17, 15) is 19.7 Å². The summed E-state index contributed by atoms with van der Waals surface area (Å²) in [5.74, 6) is 1.77. The molecule has 12 nitrogen and oxygen atoms in total. The zero-order chi connectivity index (χ0) is 27.0. The molecule has 0 amide bonds. The Labute approximate surface area is 220 Å². The molecule has 2 aromatic heterocycles. The van der Waals surface area contributed by atoms with Gasteiger partial charge in [-0.1, -0.05) is 0 Å². The van der Waals surface area contributed by atoms with Gasteiger partial charge in [0.05, 0.1) is 34.6 Å². The molecule has 1 aliphatic rings. The van der Waals surface area contributed by atoms with Crippen molar-refractivity contribution in [1.29, 1.82) is 0 Å². The van der Waals surface area contributed by atoms with E-state index in [-0.39, 0.29) is 21.9 Å². The lowest BCUT2D eigenvalue weighted by molar-refractivity contribution is -0.384. The maximum absolute atomic E-state index is 13.2. The van der Waals surface area contributed by atoms with Crippen molar-refractivity contribution in [2.75, 3.05) is 31.2 Å². The lowest BCUT2D eigenvalue weighted by Gasteiger charge is -2.33. The highest BCUT2D eigenvalue weighted by Gasteiger charge is 2.27. The minimum Gasteiger partial charge on any atom is -0.490 e. The first-order valence-electron chi connectivity index (χ1n) is 12.3. The third-order valence-corrected chi connectivity index (χ3v) is 6.74. The topological polar surface area (TPSA) is 145 Å². The van der Waals surface area contributed by atoms with Gasteiger partial charge in [-0.3, -0.25) is 19.5 Å². The van der Waals surface area contributed by atoms with Crippen molar-refractivity contribution < 1.29 is 14.4 Å². The summed E-state index contributed by atoms with van der Waals surface area (Å²) in [4.78, 5) is 50.2. The van der Waals surface area contributed by atoms with Gasteiger partial charge in [0.15, 0.2) is 11.5 Å². The van der Waals surface area contributed by atoms with E-state index < -0.39 is 22.2 Å². The number of fused-ring (bicyclic) bond motifs is 2. The molecule has 0 bridgehead atoms. The number of nitrogens with one attached hydrogen (secondary N) is 1. The zero-order valence-corrected chi connectivity index (χ0v) is 21.5. The number of piperidine rings is 1. The fourth-order valence-corrected chi connectivity index (χ4v) is 5.04. The number of halogens is 1. The number of H-pyrrole nitrogens is 1. The minimum absolute atomic E-state index is 0.0880. The predicted octanol–water partition coefficient (Wildman–Crippen LogP) is 3.83. The number of hydrogen-bond donors (Lipinski definition) is 1. The molecule has 2 aromatic carbocycles. The van der Waals surface area contributed by atoms with Gasteiger partial charge in [0, 0.05) is 42.7 Å². The lowest BCUT2D eigenvalue weighted by atomic mass is 10.0. The van der Waals surface area contributed by atoms with Crippen molar-refractivity contribution in [3.8, 4) is 11.5 Å². The molecule has 4 aromatic rings. The van der Waals surface area contributed by atoms with E-state index in [1.165, 1.54) is 18.2 Å². The molecule has 0 atom stereocenters. The van der Waals surface area contributed by atoms with Gasteiger partial charge in [0.25, 0.3) is 11.2 Å². The van der Waals surface area contributed by atoms with E-state index in [1.807, 2.05) is 24.8 Å². The first kappa shape index (κ1) is 25.5. The number of ether oxygens (including phenoxy) is 2. The fourth-order valence-electron chi connectivity index (χ4n) is 4.87. The molecule has 0 aliphatic carbocycles. The third-order valence-electron chi connectivity index (χ3n) is 6.57. The van der Waals surface area contributed by atoms with E-state index in [0.29, 0.717) is 62.0 Å². The van der Waals surface area contributed by atoms with Gasteiger partial charge in [-0.15, -0.1) is 0 Å². The van der Waals surface area contributed by atoms with Crippen LogP contribution in [0.3, 0.4) is 0 Å². The molecule has 0 spiro atoms. The second-order valence-corrected chi connectivity index (χ2v) is 9.15. The first-order chi connectivity index (χ1) is 18.3. The van der Waals surface area contributed by atoms with E-state index in [1.54, 1.807) is 6.07 Å². The van der Waals surface area contributed by atoms with Crippen LogP contribution in [0.15, 0.2) is 39.9 Å². The van der Waals surface area contributed by atoms with E-state index >= 15 is 0 Å². The summed E-state index contributed by atoms with van der Waals surface area (Å²) in [7, 11) is 0. The van der Waals surface area contributed by atoms with Crippen molar-refractivity contribution in [1.82, 2.24) is 19.5 Å². The molecule has 1 N–H and O–H groups in total. The number of nitro benzene ring substituents is 1. The fraction of sp³-hybridized carbons (Fsp3) is 0.360. The largest absolute Gasteiger partial charge is 0.490 e. The number of rotatable bonds is 7. The van der Waals surface area contributed by atoms with Crippen molar-refractivity contribution in [3.63, 3.8) is 0 Å². The normalized spacial score (nSPS) is 14.2. The van der Waals surface area contributed by atoms with Crippen molar-refractivity contribution >= 4 is 44.9 Å². The highest BCUT2D eigenvalue weighted by molar-refractivity contribution is 6.28. The van der Waals surface area contributed by atoms with Crippen LogP contribution in [0.1, 0.15) is 32.7 Å². The Hall–Kier alpha value is -4.19. The van der Waals surface area contributed by atoms with Gasteiger partial charge in [-0.2, -0.15) is 4.98 Å². The second-order valence-electron chi connectivity index (χ2n) is 8.81. The molecule has 198 valence electrons. The molecule has 3 heterocycles. The SMILES string of the molecule is CCOc1cc2nc(Cl)nc(N3CCC(n4c(=O)[nH]c5ccc([N+](=O)[O-])cc5c4=O)CC3)c2cc1OCC. The summed E-state index contributed by atoms with van der Waals surface area (Å²) < 4.78 is 12.7. The van der Waals surface area contributed by atoms with Gasteiger partial charge in [-0.25, -0.2) is 9.78 Å². The maximum atomic E-state index is 13.2. The molecular weight excluding hydrogens is 516 g/mol. The monoisotopic (exact) mass is 540 g/mol. The van der Waals surface area contributed by atoms with Crippen LogP contribution < -0.4 is 25.6 Å².